The first-order valence-electron chi connectivity index (χ1n) is 6.79. The lowest BCUT2D eigenvalue weighted by Crippen LogP contribution is -2.37. The molecular weight excluding hydrogens is 278 g/mol. The summed E-state index contributed by atoms with van der Waals surface area (Å²) in [6.45, 7) is 1.98. The molecular formula is C15H18ClNO3. The minimum absolute atomic E-state index is 0.0125. The van der Waals surface area contributed by atoms with Gasteiger partial charge in [0.2, 0.25) is 0 Å². The van der Waals surface area contributed by atoms with E-state index in [2.05, 4.69) is 5.32 Å². The van der Waals surface area contributed by atoms with Crippen LogP contribution in [0, 0.1) is 5.92 Å². The first-order chi connectivity index (χ1) is 9.56. The van der Waals surface area contributed by atoms with Crippen LogP contribution in [0.1, 0.15) is 31.7 Å². The maximum atomic E-state index is 11.8. The number of benzene rings is 1. The third-order valence-electron chi connectivity index (χ3n) is 3.48. The lowest BCUT2D eigenvalue weighted by molar-refractivity contribution is -0.161. The molecule has 1 aliphatic rings. The Bertz CT molecular complexity index is 482. The SMILES string of the molecule is CC(OC(=O)C1CCC1)C(=O)NCc1ccc(Cl)cc1. The van der Waals surface area contributed by atoms with E-state index >= 15 is 0 Å². The fourth-order valence-corrected chi connectivity index (χ4v) is 2.03. The quantitative estimate of drug-likeness (QED) is 0.850. The van der Waals surface area contributed by atoms with Gasteiger partial charge in [-0.2, -0.15) is 0 Å². The zero-order valence-corrected chi connectivity index (χ0v) is 12.2. The van der Waals surface area contributed by atoms with Crippen LogP contribution in [-0.4, -0.2) is 18.0 Å². The van der Waals surface area contributed by atoms with Crippen molar-refractivity contribution < 1.29 is 14.3 Å². The molecule has 1 atom stereocenters. The van der Waals surface area contributed by atoms with Crippen molar-refractivity contribution in [1.82, 2.24) is 5.32 Å². The molecule has 1 N–H and O–H groups in total. The van der Waals surface area contributed by atoms with E-state index < -0.39 is 6.10 Å². The number of amides is 1. The summed E-state index contributed by atoms with van der Waals surface area (Å²) in [5, 5.41) is 3.39. The summed E-state index contributed by atoms with van der Waals surface area (Å²) in [6.07, 6.45) is 2.06. The summed E-state index contributed by atoms with van der Waals surface area (Å²) >= 11 is 5.79. The van der Waals surface area contributed by atoms with Gasteiger partial charge in [-0.05, 0) is 37.5 Å². The minimum atomic E-state index is -0.754. The van der Waals surface area contributed by atoms with Crippen molar-refractivity contribution in [2.45, 2.75) is 38.8 Å². The molecule has 108 valence electrons. The van der Waals surface area contributed by atoms with Crippen LogP contribution >= 0.6 is 11.6 Å². The Labute approximate surface area is 123 Å². The molecule has 0 radical (unpaired) electrons. The van der Waals surface area contributed by atoms with E-state index in [1.54, 1.807) is 19.1 Å². The first-order valence-corrected chi connectivity index (χ1v) is 7.16. The Balaban J connectivity index is 1.75. The second-order valence-corrected chi connectivity index (χ2v) is 5.49. The predicted octanol–water partition coefficient (Wildman–Crippen LogP) is 2.69. The van der Waals surface area contributed by atoms with Crippen LogP contribution < -0.4 is 5.32 Å². The number of halogens is 1. The van der Waals surface area contributed by atoms with Crippen LogP contribution in [0.15, 0.2) is 24.3 Å². The van der Waals surface area contributed by atoms with Gasteiger partial charge in [-0.25, -0.2) is 0 Å². The van der Waals surface area contributed by atoms with Gasteiger partial charge < -0.3 is 10.1 Å². The highest BCUT2D eigenvalue weighted by atomic mass is 35.5. The Kier molecular flexibility index (Phi) is 5.01. The standard InChI is InChI=1S/C15H18ClNO3/c1-10(20-15(19)12-3-2-4-12)14(18)17-9-11-5-7-13(16)8-6-11/h5-8,10,12H,2-4,9H2,1H3,(H,17,18). The monoisotopic (exact) mass is 295 g/mol. The Morgan fingerprint density at radius 1 is 1.35 bits per heavy atom. The molecule has 1 aromatic rings. The number of carbonyl (C=O) groups is 2. The van der Waals surface area contributed by atoms with E-state index in [-0.39, 0.29) is 17.8 Å². The Hall–Kier alpha value is -1.55. The molecule has 5 heteroatoms. The molecule has 1 aliphatic carbocycles. The number of rotatable bonds is 5. The lowest BCUT2D eigenvalue weighted by atomic mass is 9.86. The van der Waals surface area contributed by atoms with Gasteiger partial charge in [-0.3, -0.25) is 9.59 Å². The van der Waals surface area contributed by atoms with Crippen molar-refractivity contribution in [3.8, 4) is 0 Å². The van der Waals surface area contributed by atoms with Crippen LogP contribution in [0.3, 0.4) is 0 Å². The maximum Gasteiger partial charge on any atom is 0.309 e. The summed E-state index contributed by atoms with van der Waals surface area (Å²) < 4.78 is 5.15. The smallest absolute Gasteiger partial charge is 0.309 e. The van der Waals surface area contributed by atoms with E-state index in [0.717, 1.165) is 24.8 Å². The largest absolute Gasteiger partial charge is 0.452 e. The van der Waals surface area contributed by atoms with E-state index in [1.807, 2.05) is 12.1 Å². The molecule has 1 fully saturated rings. The van der Waals surface area contributed by atoms with Gasteiger partial charge in [-0.1, -0.05) is 30.2 Å². The normalized spacial score (nSPS) is 16.1. The molecule has 2 rings (SSSR count). The average Bonchev–Trinajstić information content (AvgIpc) is 2.35. The van der Waals surface area contributed by atoms with Gasteiger partial charge >= 0.3 is 5.97 Å². The highest BCUT2D eigenvalue weighted by molar-refractivity contribution is 6.30. The summed E-state index contributed by atoms with van der Waals surface area (Å²) in [6, 6.07) is 7.22. The topological polar surface area (TPSA) is 55.4 Å². The second kappa shape index (κ2) is 6.75. The first kappa shape index (κ1) is 14.9. The Morgan fingerprint density at radius 3 is 2.55 bits per heavy atom. The maximum absolute atomic E-state index is 11.8. The molecule has 1 saturated carbocycles. The van der Waals surface area contributed by atoms with Gasteiger partial charge in [0.15, 0.2) is 6.10 Å². The van der Waals surface area contributed by atoms with Crippen LogP contribution in [0.5, 0.6) is 0 Å². The van der Waals surface area contributed by atoms with E-state index in [1.165, 1.54) is 0 Å². The molecule has 4 nitrogen and oxygen atoms in total. The third-order valence-corrected chi connectivity index (χ3v) is 3.73. The van der Waals surface area contributed by atoms with Crippen molar-refractivity contribution in [2.75, 3.05) is 0 Å². The third kappa shape index (κ3) is 3.97. The van der Waals surface area contributed by atoms with Crippen molar-refractivity contribution in [2.24, 2.45) is 5.92 Å². The number of hydrogen-bond acceptors (Lipinski definition) is 3. The fourth-order valence-electron chi connectivity index (χ4n) is 1.90. The van der Waals surface area contributed by atoms with Crippen molar-refractivity contribution >= 4 is 23.5 Å². The van der Waals surface area contributed by atoms with Crippen LogP contribution in [-0.2, 0) is 20.9 Å². The number of hydrogen-bond donors (Lipinski definition) is 1. The van der Waals surface area contributed by atoms with Crippen molar-refractivity contribution in [3.63, 3.8) is 0 Å². The zero-order chi connectivity index (χ0) is 14.5. The average molecular weight is 296 g/mol. The molecule has 20 heavy (non-hydrogen) atoms. The number of ether oxygens (including phenoxy) is 1. The van der Waals surface area contributed by atoms with Gasteiger partial charge in [0.25, 0.3) is 5.91 Å². The number of nitrogens with one attached hydrogen (secondary N) is 1. The molecule has 0 spiro atoms. The molecule has 1 aromatic carbocycles. The van der Waals surface area contributed by atoms with Crippen molar-refractivity contribution in [1.29, 1.82) is 0 Å². The summed E-state index contributed by atoms with van der Waals surface area (Å²) in [5.41, 5.74) is 0.945. The highest BCUT2D eigenvalue weighted by Crippen LogP contribution is 2.27. The van der Waals surface area contributed by atoms with E-state index in [9.17, 15) is 9.59 Å². The highest BCUT2D eigenvalue weighted by Gasteiger charge is 2.29. The van der Waals surface area contributed by atoms with Crippen LogP contribution in [0.2, 0.25) is 5.02 Å². The fraction of sp³-hybridized carbons (Fsp3) is 0.467. The minimum Gasteiger partial charge on any atom is -0.452 e. The molecule has 0 aromatic heterocycles. The van der Waals surface area contributed by atoms with E-state index in [0.29, 0.717) is 11.6 Å². The van der Waals surface area contributed by atoms with Gasteiger partial charge in [0, 0.05) is 11.6 Å². The van der Waals surface area contributed by atoms with Crippen molar-refractivity contribution in [3.05, 3.63) is 34.9 Å². The van der Waals surface area contributed by atoms with Crippen LogP contribution in [0.25, 0.3) is 0 Å². The summed E-state index contributed by atoms with van der Waals surface area (Å²) in [5.74, 6) is -0.556. The molecule has 1 unspecified atom stereocenters. The molecule has 1 amide bonds. The Morgan fingerprint density at radius 2 is 2.00 bits per heavy atom. The van der Waals surface area contributed by atoms with Gasteiger partial charge in [0.05, 0.1) is 5.92 Å². The van der Waals surface area contributed by atoms with Gasteiger partial charge in [-0.15, -0.1) is 0 Å². The number of esters is 1. The van der Waals surface area contributed by atoms with Crippen LogP contribution in [0.4, 0.5) is 0 Å². The molecule has 0 saturated heterocycles. The lowest BCUT2D eigenvalue weighted by Gasteiger charge is -2.24. The molecule has 0 bridgehead atoms. The summed E-state index contributed by atoms with van der Waals surface area (Å²) in [4.78, 5) is 23.5. The van der Waals surface area contributed by atoms with E-state index in [4.69, 9.17) is 16.3 Å². The predicted molar refractivity (Wildman–Crippen MR) is 76.2 cm³/mol. The second-order valence-electron chi connectivity index (χ2n) is 5.05. The summed E-state index contributed by atoms with van der Waals surface area (Å²) in [7, 11) is 0. The van der Waals surface area contributed by atoms with Gasteiger partial charge in [0.1, 0.15) is 0 Å². The zero-order valence-electron chi connectivity index (χ0n) is 11.4. The molecule has 0 heterocycles. The molecule has 0 aliphatic heterocycles. The number of carbonyl (C=O) groups excluding carboxylic acids is 2.